The molecule has 1 fully saturated rings. The molecule has 1 spiro atoms. The number of piperidine rings is 1. The second-order valence-electron chi connectivity index (χ2n) is 11.2. The molecule has 1 aliphatic carbocycles. The highest BCUT2D eigenvalue weighted by molar-refractivity contribution is 6.06. The van der Waals surface area contributed by atoms with Crippen LogP contribution in [0.3, 0.4) is 0 Å². The molecule has 0 bridgehead atoms. The van der Waals surface area contributed by atoms with Crippen LogP contribution < -0.4 is 5.32 Å². The molecule has 0 unspecified atom stereocenters. The lowest BCUT2D eigenvalue weighted by Crippen LogP contribution is -2.50. The Kier molecular flexibility index (Phi) is 6.24. The zero-order valence-corrected chi connectivity index (χ0v) is 22.2. The van der Waals surface area contributed by atoms with Gasteiger partial charge in [0.25, 0.3) is 5.92 Å². The fourth-order valence-electron chi connectivity index (χ4n) is 6.87. The smallest absolute Gasteiger partial charge is 0.274 e. The summed E-state index contributed by atoms with van der Waals surface area (Å²) in [6, 6.07) is 15.2. The molecule has 202 valence electrons. The highest BCUT2D eigenvalue weighted by Gasteiger charge is 2.52. The summed E-state index contributed by atoms with van der Waals surface area (Å²) in [4.78, 5) is 36.7. The number of alkyl halides is 2. The van der Waals surface area contributed by atoms with Gasteiger partial charge in [-0.3, -0.25) is 14.6 Å². The number of nitrogens with zero attached hydrogens (tertiary/aromatic N) is 3. The van der Waals surface area contributed by atoms with E-state index in [1.165, 1.54) is 12.3 Å². The number of fused-ring (bicyclic) bond motifs is 3. The number of amides is 2. The zero-order chi connectivity index (χ0) is 27.4. The molecular weight excluding hydrogens is 498 g/mol. The summed E-state index contributed by atoms with van der Waals surface area (Å²) in [6.07, 6.45) is 3.76. The summed E-state index contributed by atoms with van der Waals surface area (Å²) in [6.45, 7) is 4.54. The number of pyridine rings is 2. The average molecular weight is 531 g/mol. The summed E-state index contributed by atoms with van der Waals surface area (Å²) < 4.78 is 31.2. The van der Waals surface area contributed by atoms with Crippen LogP contribution in [-0.2, 0) is 33.8 Å². The van der Waals surface area contributed by atoms with Crippen molar-refractivity contribution in [3.63, 3.8) is 0 Å². The molecule has 3 aromatic rings. The number of hydrogen-bond donors (Lipinski definition) is 1. The van der Waals surface area contributed by atoms with Crippen molar-refractivity contribution in [1.82, 2.24) is 14.9 Å². The first-order chi connectivity index (χ1) is 18.7. The van der Waals surface area contributed by atoms with E-state index < -0.39 is 23.7 Å². The molecule has 4 heterocycles. The summed E-state index contributed by atoms with van der Waals surface area (Å²) in [5.41, 5.74) is 2.25. The van der Waals surface area contributed by atoms with E-state index in [4.69, 9.17) is 0 Å². The Morgan fingerprint density at radius 3 is 2.67 bits per heavy atom. The molecule has 8 heteroatoms. The summed E-state index contributed by atoms with van der Waals surface area (Å²) in [5, 5.41) is 2.84. The van der Waals surface area contributed by atoms with Crippen LogP contribution in [-0.4, -0.2) is 39.3 Å². The Morgan fingerprint density at radius 2 is 1.90 bits per heavy atom. The molecule has 4 atom stereocenters. The van der Waals surface area contributed by atoms with Crippen molar-refractivity contribution in [2.24, 2.45) is 5.92 Å². The van der Waals surface area contributed by atoms with Gasteiger partial charge in [0.05, 0.1) is 5.41 Å². The maximum Gasteiger partial charge on any atom is 0.274 e. The van der Waals surface area contributed by atoms with Gasteiger partial charge in [-0.2, -0.15) is 0 Å². The standard InChI is InChI=1S/C31H32F2N4O2/c1-3-37-19(2)24(20-8-5-4-6-9-20)15-21(28(37)38)11-12-31(32,33)23-14-22-16-30(17-26(22)35-18-23)25-10-7-13-34-27(25)36-29(30)39/h4-10,13-14,18-19,21,24H,3,11-12,15-17H2,1-2H3,(H,34,36,39)/t19-,21+,24-,30+/m1/s1. The first-order valence-electron chi connectivity index (χ1n) is 13.7. The number of carbonyl (C=O) groups is 2. The van der Waals surface area contributed by atoms with E-state index in [1.54, 1.807) is 12.3 Å². The minimum atomic E-state index is -3.14. The van der Waals surface area contributed by atoms with Crippen molar-refractivity contribution in [3.8, 4) is 0 Å². The minimum absolute atomic E-state index is 0.0167. The van der Waals surface area contributed by atoms with Gasteiger partial charge in [-0.15, -0.1) is 0 Å². The third-order valence-corrected chi connectivity index (χ3v) is 9.05. The van der Waals surface area contributed by atoms with Crippen molar-refractivity contribution in [2.75, 3.05) is 11.9 Å². The van der Waals surface area contributed by atoms with Crippen LogP contribution >= 0.6 is 0 Å². The van der Waals surface area contributed by atoms with Crippen LogP contribution in [0.5, 0.6) is 0 Å². The second-order valence-corrected chi connectivity index (χ2v) is 11.2. The number of rotatable bonds is 6. The van der Waals surface area contributed by atoms with Crippen LogP contribution in [0.25, 0.3) is 0 Å². The number of nitrogens with one attached hydrogen (secondary N) is 1. The number of hydrogen-bond acceptors (Lipinski definition) is 4. The molecule has 6 nitrogen and oxygen atoms in total. The fourth-order valence-corrected chi connectivity index (χ4v) is 6.87. The van der Waals surface area contributed by atoms with Crippen molar-refractivity contribution in [1.29, 1.82) is 0 Å². The van der Waals surface area contributed by atoms with Crippen molar-refractivity contribution >= 4 is 17.6 Å². The van der Waals surface area contributed by atoms with Gasteiger partial charge in [0.15, 0.2) is 0 Å². The van der Waals surface area contributed by atoms with Gasteiger partial charge in [-0.05, 0) is 56.4 Å². The summed E-state index contributed by atoms with van der Waals surface area (Å²) in [7, 11) is 0. The van der Waals surface area contributed by atoms with Crippen LogP contribution in [0, 0.1) is 5.92 Å². The van der Waals surface area contributed by atoms with Gasteiger partial charge in [-0.1, -0.05) is 36.4 Å². The third kappa shape index (κ3) is 4.21. The van der Waals surface area contributed by atoms with E-state index in [0.29, 0.717) is 42.9 Å². The topological polar surface area (TPSA) is 75.2 Å². The van der Waals surface area contributed by atoms with Gasteiger partial charge >= 0.3 is 0 Å². The Bertz CT molecular complexity index is 1430. The van der Waals surface area contributed by atoms with Crippen LogP contribution in [0.1, 0.15) is 67.0 Å². The molecule has 6 rings (SSSR count). The SMILES string of the molecule is CCN1C(=O)[C@@H](CCC(F)(F)c2cnc3c(c2)C[C@@]2(C3)C(=O)Nc3ncccc32)C[C@@H](c2ccccc2)[C@H]1C. The number of carbonyl (C=O) groups excluding carboxylic acids is 2. The molecule has 1 aromatic carbocycles. The fraction of sp³-hybridized carbons (Fsp3) is 0.419. The quantitative estimate of drug-likeness (QED) is 0.465. The molecule has 0 radical (unpaired) electrons. The highest BCUT2D eigenvalue weighted by Crippen LogP contribution is 2.47. The van der Waals surface area contributed by atoms with Crippen molar-refractivity contribution < 1.29 is 18.4 Å². The van der Waals surface area contributed by atoms with E-state index in [2.05, 4.69) is 27.4 Å². The number of likely N-dealkylation sites (tertiary alicyclic amines) is 1. The van der Waals surface area contributed by atoms with E-state index in [1.807, 2.05) is 43.0 Å². The van der Waals surface area contributed by atoms with Gasteiger partial charge in [0, 0.05) is 66.5 Å². The number of anilines is 1. The Labute approximate surface area is 226 Å². The van der Waals surface area contributed by atoms with Gasteiger partial charge in [0.1, 0.15) is 5.82 Å². The molecule has 2 aliphatic heterocycles. The van der Waals surface area contributed by atoms with Gasteiger partial charge in [-0.25, -0.2) is 13.8 Å². The van der Waals surface area contributed by atoms with Crippen LogP contribution in [0.15, 0.2) is 60.9 Å². The van der Waals surface area contributed by atoms with Gasteiger partial charge in [0.2, 0.25) is 11.8 Å². The molecule has 0 saturated carbocycles. The van der Waals surface area contributed by atoms with Crippen molar-refractivity contribution in [2.45, 2.75) is 69.2 Å². The number of aromatic nitrogens is 2. The molecule has 1 N–H and O–H groups in total. The maximum atomic E-state index is 15.6. The number of halogens is 2. The summed E-state index contributed by atoms with van der Waals surface area (Å²) in [5.74, 6) is -3.17. The van der Waals surface area contributed by atoms with E-state index in [0.717, 1.165) is 11.1 Å². The van der Waals surface area contributed by atoms with Crippen LogP contribution in [0.4, 0.5) is 14.6 Å². The van der Waals surface area contributed by atoms with Crippen molar-refractivity contribution in [3.05, 3.63) is 88.9 Å². The highest BCUT2D eigenvalue weighted by atomic mass is 19.3. The Hall–Kier alpha value is -3.68. The zero-order valence-electron chi connectivity index (χ0n) is 22.2. The first kappa shape index (κ1) is 25.6. The molecular formula is C31H32F2N4O2. The predicted molar refractivity (Wildman–Crippen MR) is 143 cm³/mol. The third-order valence-electron chi connectivity index (χ3n) is 9.05. The molecule has 1 saturated heterocycles. The molecule has 3 aliphatic rings. The van der Waals surface area contributed by atoms with E-state index in [-0.39, 0.29) is 35.8 Å². The molecule has 2 aromatic heterocycles. The normalized spacial score (nSPS) is 26.1. The lowest BCUT2D eigenvalue weighted by molar-refractivity contribution is -0.143. The second kappa shape index (κ2) is 9.50. The predicted octanol–water partition coefficient (Wildman–Crippen LogP) is 5.38. The van der Waals surface area contributed by atoms with E-state index in [9.17, 15) is 9.59 Å². The first-order valence-corrected chi connectivity index (χ1v) is 13.7. The largest absolute Gasteiger partial charge is 0.339 e. The Morgan fingerprint density at radius 1 is 1.10 bits per heavy atom. The molecule has 2 amide bonds. The minimum Gasteiger partial charge on any atom is -0.339 e. The number of likely N-dealkylation sites (N-methyl/N-ethyl adjacent to an activating group) is 1. The summed E-state index contributed by atoms with van der Waals surface area (Å²) >= 11 is 0. The number of benzene rings is 1. The Balaban J connectivity index is 1.20. The lowest BCUT2D eigenvalue weighted by Gasteiger charge is -2.43. The average Bonchev–Trinajstić information content (AvgIpc) is 3.46. The monoisotopic (exact) mass is 530 g/mol. The maximum absolute atomic E-state index is 15.6. The molecule has 39 heavy (non-hydrogen) atoms. The van der Waals surface area contributed by atoms with Gasteiger partial charge < -0.3 is 10.2 Å². The lowest BCUT2D eigenvalue weighted by atomic mass is 9.77. The van der Waals surface area contributed by atoms with Crippen LogP contribution in [0.2, 0.25) is 0 Å². The van der Waals surface area contributed by atoms with E-state index >= 15 is 8.78 Å².